The van der Waals surface area contributed by atoms with Gasteiger partial charge in [0.2, 0.25) is 5.91 Å². The number of nitrogens with zero attached hydrogens (tertiary/aromatic N) is 1. The van der Waals surface area contributed by atoms with E-state index in [4.69, 9.17) is 4.74 Å². The molecule has 0 N–H and O–H groups in total. The maximum atomic E-state index is 13.3. The SMILES string of the molecule is CC1COC(=O)[C@@](C)(Cc2ccc(Br)cc2)CC=CCC(Cc2ccc(Br)cc2)C(=O)N1C. The Morgan fingerprint density at radius 1 is 0.970 bits per heavy atom. The van der Waals surface area contributed by atoms with Gasteiger partial charge in [-0.1, -0.05) is 68.3 Å². The van der Waals surface area contributed by atoms with Crippen LogP contribution in [0.2, 0.25) is 0 Å². The lowest BCUT2D eigenvalue weighted by atomic mass is 9.80. The van der Waals surface area contributed by atoms with Crippen LogP contribution in [0.1, 0.15) is 37.8 Å². The van der Waals surface area contributed by atoms with Gasteiger partial charge in [0.05, 0.1) is 11.5 Å². The second-order valence-corrected chi connectivity index (χ2v) is 11.0. The normalized spacial score (nSPS) is 24.7. The van der Waals surface area contributed by atoms with Crippen molar-refractivity contribution < 1.29 is 14.3 Å². The molecule has 176 valence electrons. The smallest absolute Gasteiger partial charge is 0.312 e. The molecule has 0 saturated heterocycles. The minimum absolute atomic E-state index is 0.0734. The molecule has 0 aromatic heterocycles. The molecule has 1 amide bonds. The van der Waals surface area contributed by atoms with Crippen molar-refractivity contribution in [1.29, 1.82) is 0 Å². The monoisotopic (exact) mass is 575 g/mol. The Balaban J connectivity index is 1.82. The number of likely N-dealkylation sites (N-methyl/N-ethyl adjacent to an activating group) is 1. The first-order valence-electron chi connectivity index (χ1n) is 11.3. The van der Waals surface area contributed by atoms with Crippen LogP contribution in [0.3, 0.4) is 0 Å². The van der Waals surface area contributed by atoms with E-state index in [2.05, 4.69) is 50.1 Å². The van der Waals surface area contributed by atoms with E-state index in [0.717, 1.165) is 20.1 Å². The Labute approximate surface area is 213 Å². The molecule has 0 aliphatic carbocycles. The van der Waals surface area contributed by atoms with E-state index in [1.54, 1.807) is 11.9 Å². The van der Waals surface area contributed by atoms with Crippen molar-refractivity contribution >= 4 is 43.7 Å². The van der Waals surface area contributed by atoms with Crippen molar-refractivity contribution in [2.75, 3.05) is 13.7 Å². The molecule has 4 nitrogen and oxygen atoms in total. The van der Waals surface area contributed by atoms with Crippen molar-refractivity contribution in [3.63, 3.8) is 0 Å². The van der Waals surface area contributed by atoms with Crippen molar-refractivity contribution in [2.24, 2.45) is 11.3 Å². The van der Waals surface area contributed by atoms with Crippen LogP contribution in [-0.4, -0.2) is 36.5 Å². The molecule has 3 atom stereocenters. The summed E-state index contributed by atoms with van der Waals surface area (Å²) in [6, 6.07) is 16.0. The zero-order valence-corrected chi connectivity index (χ0v) is 22.6. The highest BCUT2D eigenvalue weighted by molar-refractivity contribution is 9.10. The van der Waals surface area contributed by atoms with Gasteiger partial charge in [0.15, 0.2) is 0 Å². The highest BCUT2D eigenvalue weighted by Gasteiger charge is 2.35. The van der Waals surface area contributed by atoms with Gasteiger partial charge in [-0.3, -0.25) is 9.59 Å². The molecule has 0 radical (unpaired) electrons. The summed E-state index contributed by atoms with van der Waals surface area (Å²) >= 11 is 6.94. The minimum atomic E-state index is -0.674. The molecule has 0 bridgehead atoms. The van der Waals surface area contributed by atoms with Crippen molar-refractivity contribution in [1.82, 2.24) is 4.90 Å². The second-order valence-electron chi connectivity index (χ2n) is 9.20. The van der Waals surface area contributed by atoms with Gasteiger partial charge in [-0.15, -0.1) is 0 Å². The first-order chi connectivity index (χ1) is 15.7. The van der Waals surface area contributed by atoms with Crippen LogP contribution in [0.25, 0.3) is 0 Å². The third kappa shape index (κ3) is 7.03. The molecule has 3 rings (SSSR count). The third-order valence-electron chi connectivity index (χ3n) is 6.37. The van der Waals surface area contributed by atoms with Gasteiger partial charge in [0, 0.05) is 21.9 Å². The van der Waals surface area contributed by atoms with E-state index in [1.807, 2.05) is 56.3 Å². The van der Waals surface area contributed by atoms with E-state index in [1.165, 1.54) is 0 Å². The Morgan fingerprint density at radius 3 is 2.15 bits per heavy atom. The van der Waals surface area contributed by atoms with E-state index in [0.29, 0.717) is 25.7 Å². The summed E-state index contributed by atoms with van der Waals surface area (Å²) in [5, 5.41) is 0. The molecule has 2 aromatic carbocycles. The minimum Gasteiger partial charge on any atom is -0.463 e. The lowest BCUT2D eigenvalue weighted by molar-refractivity contribution is -0.158. The number of cyclic esters (lactones) is 1. The number of esters is 1. The van der Waals surface area contributed by atoms with Crippen LogP contribution in [0.5, 0.6) is 0 Å². The van der Waals surface area contributed by atoms with Crippen molar-refractivity contribution in [2.45, 2.75) is 45.6 Å². The summed E-state index contributed by atoms with van der Waals surface area (Å²) < 4.78 is 7.77. The molecule has 2 unspecified atom stereocenters. The predicted octanol–water partition coefficient (Wildman–Crippen LogP) is 6.36. The van der Waals surface area contributed by atoms with Crippen LogP contribution in [0.4, 0.5) is 0 Å². The van der Waals surface area contributed by atoms with Crippen LogP contribution in [0, 0.1) is 11.3 Å². The van der Waals surface area contributed by atoms with Crippen molar-refractivity contribution in [3.05, 3.63) is 80.8 Å². The number of hydrogen-bond acceptors (Lipinski definition) is 3. The maximum Gasteiger partial charge on any atom is 0.312 e. The number of carbonyl (C=O) groups is 2. The number of halogens is 2. The van der Waals surface area contributed by atoms with Crippen LogP contribution in [-0.2, 0) is 27.2 Å². The summed E-state index contributed by atoms with van der Waals surface area (Å²) in [7, 11) is 1.80. The number of rotatable bonds is 4. The number of hydrogen-bond donors (Lipinski definition) is 0. The first-order valence-corrected chi connectivity index (χ1v) is 12.8. The first kappa shape index (κ1) is 25.7. The standard InChI is InChI=1S/C27H31Br2NO3/c1-19-18-33-26(32)27(2,17-21-9-13-24(29)14-10-21)15-5-4-6-22(25(31)30(19)3)16-20-7-11-23(28)12-8-20/h4-5,7-14,19,22H,6,15-18H2,1-3H3/t19?,22?,27-/m1/s1. The molecule has 0 saturated carbocycles. The quantitative estimate of drug-likeness (QED) is 0.314. The summed E-state index contributed by atoms with van der Waals surface area (Å²) in [4.78, 5) is 28.1. The molecule has 1 heterocycles. The van der Waals surface area contributed by atoms with Gasteiger partial charge in [0.1, 0.15) is 6.61 Å². The summed E-state index contributed by atoms with van der Waals surface area (Å²) in [6.45, 7) is 4.08. The van der Waals surface area contributed by atoms with Gasteiger partial charge in [-0.05, 0) is 74.9 Å². The Bertz CT molecular complexity index is 987. The van der Waals surface area contributed by atoms with Gasteiger partial charge in [0.25, 0.3) is 0 Å². The Hall–Kier alpha value is -1.92. The van der Waals surface area contributed by atoms with Gasteiger partial charge in [-0.25, -0.2) is 0 Å². The second kappa shape index (κ2) is 11.5. The summed E-state index contributed by atoms with van der Waals surface area (Å²) in [6.07, 6.45) is 6.54. The average molecular weight is 577 g/mol. The van der Waals surface area contributed by atoms with E-state index >= 15 is 0 Å². The molecule has 2 aromatic rings. The van der Waals surface area contributed by atoms with Gasteiger partial charge >= 0.3 is 5.97 Å². The predicted molar refractivity (Wildman–Crippen MR) is 139 cm³/mol. The molecular formula is C27H31Br2NO3. The summed E-state index contributed by atoms with van der Waals surface area (Å²) in [5.74, 6) is -0.318. The molecular weight excluding hydrogens is 546 g/mol. The number of benzene rings is 2. The lowest BCUT2D eigenvalue weighted by Gasteiger charge is -2.32. The number of amides is 1. The van der Waals surface area contributed by atoms with Crippen LogP contribution in [0.15, 0.2) is 69.6 Å². The highest BCUT2D eigenvalue weighted by Crippen LogP contribution is 2.31. The molecule has 0 fully saturated rings. The Kier molecular flexibility index (Phi) is 8.94. The van der Waals surface area contributed by atoms with Gasteiger partial charge in [-0.2, -0.15) is 0 Å². The lowest BCUT2D eigenvalue weighted by Crippen LogP contribution is -2.43. The van der Waals surface area contributed by atoms with E-state index < -0.39 is 5.41 Å². The van der Waals surface area contributed by atoms with Gasteiger partial charge < -0.3 is 9.64 Å². The topological polar surface area (TPSA) is 46.6 Å². The fourth-order valence-electron chi connectivity index (χ4n) is 4.05. The number of allylic oxidation sites excluding steroid dienone is 2. The zero-order valence-electron chi connectivity index (χ0n) is 19.4. The largest absolute Gasteiger partial charge is 0.463 e. The third-order valence-corrected chi connectivity index (χ3v) is 7.42. The maximum absolute atomic E-state index is 13.3. The van der Waals surface area contributed by atoms with Crippen LogP contribution >= 0.6 is 31.9 Å². The molecule has 33 heavy (non-hydrogen) atoms. The van der Waals surface area contributed by atoms with Crippen molar-refractivity contribution in [3.8, 4) is 0 Å². The van der Waals surface area contributed by atoms with Crippen LogP contribution < -0.4 is 0 Å². The molecule has 1 aliphatic rings. The fraction of sp³-hybridized carbons (Fsp3) is 0.407. The number of carbonyl (C=O) groups excluding carboxylic acids is 2. The average Bonchev–Trinajstić information content (AvgIpc) is 2.80. The Morgan fingerprint density at radius 2 is 1.55 bits per heavy atom. The molecule has 6 heteroatoms. The summed E-state index contributed by atoms with van der Waals surface area (Å²) in [5.41, 5.74) is 1.55. The van der Waals surface area contributed by atoms with E-state index in [9.17, 15) is 9.59 Å². The number of ether oxygens (including phenoxy) is 1. The zero-order chi connectivity index (χ0) is 24.0. The fourth-order valence-corrected chi connectivity index (χ4v) is 4.58. The molecule has 0 spiro atoms. The molecule has 1 aliphatic heterocycles. The highest BCUT2D eigenvalue weighted by atomic mass is 79.9. The van der Waals surface area contributed by atoms with E-state index in [-0.39, 0.29) is 30.4 Å².